The fourth-order valence-corrected chi connectivity index (χ4v) is 2.91. The summed E-state index contributed by atoms with van der Waals surface area (Å²) in [5, 5.41) is 13.2. The zero-order chi connectivity index (χ0) is 13.9. The van der Waals surface area contributed by atoms with Crippen LogP contribution in [0.15, 0.2) is 11.1 Å². The van der Waals surface area contributed by atoms with Gasteiger partial charge in [-0.25, -0.2) is 8.42 Å². The Morgan fingerprint density at radius 3 is 2.72 bits per heavy atom. The summed E-state index contributed by atoms with van der Waals surface area (Å²) >= 11 is 0. The van der Waals surface area contributed by atoms with Crippen molar-refractivity contribution in [2.24, 2.45) is 0 Å². The second-order valence-corrected chi connectivity index (χ2v) is 6.29. The number of nitrogens with two attached hydrogens (primary N) is 1. The molecular weight excluding hydrogens is 256 g/mol. The van der Waals surface area contributed by atoms with Crippen LogP contribution in [0.5, 0.6) is 0 Å². The van der Waals surface area contributed by atoms with Gasteiger partial charge in [-0.15, -0.1) is 0 Å². The van der Waals surface area contributed by atoms with Crippen molar-refractivity contribution in [2.45, 2.75) is 37.8 Å². The summed E-state index contributed by atoms with van der Waals surface area (Å²) in [7, 11) is -2.30. The maximum absolute atomic E-state index is 12.2. The van der Waals surface area contributed by atoms with E-state index >= 15 is 0 Å². The first-order valence-electron chi connectivity index (χ1n) is 5.76. The van der Waals surface area contributed by atoms with Crippen LogP contribution in [-0.4, -0.2) is 47.3 Å². The van der Waals surface area contributed by atoms with Crippen LogP contribution >= 0.6 is 0 Å². The monoisotopic (exact) mass is 276 g/mol. The lowest BCUT2D eigenvalue weighted by Crippen LogP contribution is -2.33. The van der Waals surface area contributed by atoms with E-state index in [9.17, 15) is 13.5 Å². The number of anilines is 1. The molecule has 0 radical (unpaired) electrons. The molecule has 8 heteroatoms. The van der Waals surface area contributed by atoms with E-state index in [4.69, 9.17) is 5.73 Å². The minimum Gasteiger partial charge on any atom is -0.392 e. The third-order valence-electron chi connectivity index (χ3n) is 2.42. The van der Waals surface area contributed by atoms with Crippen molar-refractivity contribution in [1.82, 2.24) is 14.1 Å². The molecular formula is C10H20N4O3S. The number of sulfonamides is 1. The number of aryl methyl sites for hydroxylation is 1. The number of aliphatic hydroxyl groups is 1. The maximum Gasteiger partial charge on any atom is 0.248 e. The minimum absolute atomic E-state index is 0.0131. The Balaban J connectivity index is 3.04. The van der Waals surface area contributed by atoms with Gasteiger partial charge in [0, 0.05) is 26.3 Å². The highest BCUT2D eigenvalue weighted by molar-refractivity contribution is 7.89. The van der Waals surface area contributed by atoms with Crippen LogP contribution in [0, 0.1) is 0 Å². The van der Waals surface area contributed by atoms with Gasteiger partial charge in [-0.2, -0.15) is 9.40 Å². The van der Waals surface area contributed by atoms with Crippen molar-refractivity contribution < 1.29 is 13.5 Å². The smallest absolute Gasteiger partial charge is 0.248 e. The summed E-state index contributed by atoms with van der Waals surface area (Å²) < 4.78 is 27.0. The van der Waals surface area contributed by atoms with Gasteiger partial charge in [0.1, 0.15) is 4.90 Å². The lowest BCUT2D eigenvalue weighted by molar-refractivity contribution is 0.171. The summed E-state index contributed by atoms with van der Waals surface area (Å²) in [4.78, 5) is -0.0147. The first-order chi connectivity index (χ1) is 8.28. The highest BCUT2D eigenvalue weighted by atomic mass is 32.2. The number of nitrogens with zero attached hydrogens (tertiary/aromatic N) is 3. The predicted molar refractivity (Wildman–Crippen MR) is 68.4 cm³/mol. The second kappa shape index (κ2) is 5.68. The average molecular weight is 276 g/mol. The minimum atomic E-state index is -3.70. The number of rotatable bonds is 6. The third kappa shape index (κ3) is 3.21. The van der Waals surface area contributed by atoms with E-state index in [2.05, 4.69) is 5.10 Å². The van der Waals surface area contributed by atoms with E-state index in [-0.39, 0.29) is 17.3 Å². The van der Waals surface area contributed by atoms with Crippen molar-refractivity contribution in [3.05, 3.63) is 6.20 Å². The molecule has 0 fully saturated rings. The number of likely N-dealkylation sites (N-methyl/N-ethyl adjacent to an activating group) is 1. The van der Waals surface area contributed by atoms with Crippen molar-refractivity contribution in [2.75, 3.05) is 19.3 Å². The fourth-order valence-electron chi connectivity index (χ4n) is 1.60. The van der Waals surface area contributed by atoms with E-state index in [0.717, 1.165) is 10.7 Å². The van der Waals surface area contributed by atoms with E-state index in [1.807, 2.05) is 6.92 Å². The van der Waals surface area contributed by atoms with E-state index in [0.29, 0.717) is 6.54 Å². The molecule has 0 amide bonds. The Morgan fingerprint density at radius 2 is 2.22 bits per heavy atom. The van der Waals surface area contributed by atoms with Crippen LogP contribution in [0.2, 0.25) is 0 Å². The Hall–Kier alpha value is -1.12. The largest absolute Gasteiger partial charge is 0.392 e. The molecule has 104 valence electrons. The maximum atomic E-state index is 12.2. The second-order valence-electron chi connectivity index (χ2n) is 4.28. The Bertz CT molecular complexity index is 495. The van der Waals surface area contributed by atoms with Gasteiger partial charge in [0.15, 0.2) is 5.82 Å². The van der Waals surface area contributed by atoms with E-state index < -0.39 is 16.1 Å². The summed E-state index contributed by atoms with van der Waals surface area (Å²) in [5.41, 5.74) is 5.63. The van der Waals surface area contributed by atoms with Crippen molar-refractivity contribution in [3.8, 4) is 0 Å². The molecule has 0 saturated carbocycles. The van der Waals surface area contributed by atoms with Crippen LogP contribution in [0.4, 0.5) is 5.82 Å². The summed E-state index contributed by atoms with van der Waals surface area (Å²) in [6.07, 6.45) is 1.52. The summed E-state index contributed by atoms with van der Waals surface area (Å²) in [5.74, 6) is -0.0131. The summed E-state index contributed by atoms with van der Waals surface area (Å²) in [6, 6.07) is 0. The van der Waals surface area contributed by atoms with Crippen molar-refractivity contribution in [1.29, 1.82) is 0 Å². The van der Waals surface area contributed by atoms with Crippen LogP contribution in [0.3, 0.4) is 0 Å². The Morgan fingerprint density at radius 1 is 1.61 bits per heavy atom. The fraction of sp³-hybridized carbons (Fsp3) is 0.700. The van der Waals surface area contributed by atoms with Gasteiger partial charge in [-0.3, -0.25) is 4.68 Å². The molecule has 0 aliphatic heterocycles. The third-order valence-corrected chi connectivity index (χ3v) is 4.26. The molecule has 1 aromatic rings. The molecule has 1 rings (SSSR count). The highest BCUT2D eigenvalue weighted by Crippen LogP contribution is 2.20. The van der Waals surface area contributed by atoms with E-state index in [1.54, 1.807) is 0 Å². The molecule has 0 aromatic carbocycles. The zero-order valence-electron chi connectivity index (χ0n) is 10.9. The van der Waals surface area contributed by atoms with Crippen LogP contribution in [0.25, 0.3) is 0 Å². The number of hydrogen-bond acceptors (Lipinski definition) is 5. The highest BCUT2D eigenvalue weighted by Gasteiger charge is 2.26. The quantitative estimate of drug-likeness (QED) is 0.754. The zero-order valence-corrected chi connectivity index (χ0v) is 11.7. The Kier molecular flexibility index (Phi) is 4.71. The molecule has 3 N–H and O–H groups in total. The lowest BCUT2D eigenvalue weighted by Gasteiger charge is -2.17. The molecule has 18 heavy (non-hydrogen) atoms. The molecule has 1 aromatic heterocycles. The topological polar surface area (TPSA) is 101 Å². The molecule has 0 saturated heterocycles. The molecule has 1 atom stereocenters. The van der Waals surface area contributed by atoms with E-state index in [1.165, 1.54) is 24.9 Å². The lowest BCUT2D eigenvalue weighted by atomic mass is 10.4. The summed E-state index contributed by atoms with van der Waals surface area (Å²) in [6.45, 7) is 4.11. The first-order valence-corrected chi connectivity index (χ1v) is 7.20. The Labute approximate surface area is 107 Å². The standard InChI is InChI=1S/C10H20N4O3S/c1-4-5-14-7-9(10(11)12-14)18(16,17)13(3)6-8(2)15/h7-8,15H,4-6H2,1-3H3,(H2,11,12). The molecule has 0 bridgehead atoms. The van der Waals surface area contributed by atoms with Gasteiger partial charge in [0.05, 0.1) is 6.10 Å². The normalized spacial score (nSPS) is 14.1. The molecule has 1 unspecified atom stereocenters. The van der Waals surface area contributed by atoms with Crippen LogP contribution < -0.4 is 5.73 Å². The number of hydrogen-bond donors (Lipinski definition) is 2. The van der Waals surface area contributed by atoms with Gasteiger partial charge in [-0.05, 0) is 13.3 Å². The van der Waals surface area contributed by atoms with Crippen molar-refractivity contribution in [3.63, 3.8) is 0 Å². The van der Waals surface area contributed by atoms with Gasteiger partial charge in [-0.1, -0.05) is 6.92 Å². The molecule has 0 aliphatic carbocycles. The van der Waals surface area contributed by atoms with Gasteiger partial charge < -0.3 is 10.8 Å². The first kappa shape index (κ1) is 14.9. The van der Waals surface area contributed by atoms with Gasteiger partial charge in [0.2, 0.25) is 10.0 Å². The molecule has 7 nitrogen and oxygen atoms in total. The molecule has 0 spiro atoms. The van der Waals surface area contributed by atoms with Gasteiger partial charge >= 0.3 is 0 Å². The average Bonchev–Trinajstić information content (AvgIpc) is 2.59. The predicted octanol–water partition coefficient (Wildman–Crippen LogP) is -0.123. The number of aliphatic hydroxyl groups excluding tert-OH is 1. The van der Waals surface area contributed by atoms with Crippen LogP contribution in [0.1, 0.15) is 20.3 Å². The number of aromatic nitrogens is 2. The molecule has 0 aliphatic rings. The van der Waals surface area contributed by atoms with Crippen molar-refractivity contribution >= 4 is 15.8 Å². The number of nitrogen functional groups attached to an aromatic ring is 1. The SMILES string of the molecule is CCCn1cc(S(=O)(=O)N(C)CC(C)O)c(N)n1. The molecule has 1 heterocycles. The van der Waals surface area contributed by atoms with Gasteiger partial charge in [0.25, 0.3) is 0 Å². The van der Waals surface area contributed by atoms with Crippen LogP contribution in [-0.2, 0) is 16.6 Å².